The van der Waals surface area contributed by atoms with Gasteiger partial charge in [-0.2, -0.15) is 5.10 Å². The van der Waals surface area contributed by atoms with Gasteiger partial charge in [-0.05, 0) is 67.4 Å². The molecule has 2 N–H and O–H groups in total. The molecule has 6 heteroatoms. The first kappa shape index (κ1) is 17.7. The lowest BCUT2D eigenvalue weighted by atomic mass is 9.93. The van der Waals surface area contributed by atoms with Crippen LogP contribution >= 0.6 is 0 Å². The summed E-state index contributed by atoms with van der Waals surface area (Å²) >= 11 is 0. The minimum absolute atomic E-state index is 0.0658. The number of aromatic amines is 2. The highest BCUT2D eigenvalue weighted by Gasteiger charge is 2.27. The van der Waals surface area contributed by atoms with Crippen LogP contribution < -0.4 is 0 Å². The number of carbonyl (C=O) groups excluding carboxylic acids is 1. The molecule has 146 valence electrons. The van der Waals surface area contributed by atoms with Gasteiger partial charge in [-0.25, -0.2) is 4.39 Å². The van der Waals surface area contributed by atoms with Crippen molar-refractivity contribution in [3.63, 3.8) is 0 Å². The second kappa shape index (κ2) is 7.20. The third-order valence-corrected chi connectivity index (χ3v) is 5.69. The van der Waals surface area contributed by atoms with Crippen molar-refractivity contribution in [2.24, 2.45) is 0 Å². The van der Waals surface area contributed by atoms with E-state index in [4.69, 9.17) is 0 Å². The molecule has 1 aliphatic rings. The molecule has 1 atom stereocenters. The van der Waals surface area contributed by atoms with E-state index in [-0.39, 0.29) is 17.6 Å². The first-order chi connectivity index (χ1) is 14.2. The number of halogens is 1. The number of amides is 1. The Morgan fingerprint density at radius 1 is 1.10 bits per heavy atom. The van der Waals surface area contributed by atoms with E-state index < -0.39 is 0 Å². The van der Waals surface area contributed by atoms with Crippen LogP contribution in [0.4, 0.5) is 4.39 Å². The van der Waals surface area contributed by atoms with Gasteiger partial charge in [0.05, 0.1) is 5.69 Å². The second-order valence-electron chi connectivity index (χ2n) is 7.59. The predicted octanol–water partition coefficient (Wildman–Crippen LogP) is 4.72. The minimum atomic E-state index is -0.260. The molecule has 1 saturated heterocycles. The lowest BCUT2D eigenvalue weighted by Gasteiger charge is -2.32. The molecule has 29 heavy (non-hydrogen) atoms. The van der Waals surface area contributed by atoms with Crippen molar-refractivity contribution in [2.45, 2.75) is 18.8 Å². The number of hydrogen-bond donors (Lipinski definition) is 2. The second-order valence-corrected chi connectivity index (χ2v) is 7.59. The fraction of sp³-hybridized carbons (Fsp3) is 0.217. The molecule has 0 spiro atoms. The van der Waals surface area contributed by atoms with E-state index in [9.17, 15) is 9.18 Å². The Morgan fingerprint density at radius 3 is 2.83 bits per heavy atom. The van der Waals surface area contributed by atoms with Crippen LogP contribution in [-0.4, -0.2) is 39.1 Å². The zero-order chi connectivity index (χ0) is 19.8. The van der Waals surface area contributed by atoms with Gasteiger partial charge in [0.25, 0.3) is 5.91 Å². The molecule has 5 nitrogen and oxygen atoms in total. The molecule has 5 rings (SSSR count). The van der Waals surface area contributed by atoms with Crippen LogP contribution in [0.1, 0.15) is 34.8 Å². The molecule has 4 aromatic rings. The zero-order valence-electron chi connectivity index (χ0n) is 15.9. The molecule has 1 aliphatic heterocycles. The standard InChI is InChI=1S/C23H21FN4O/c24-19-6-3-15(4-7-19)21-13-22(27-26-21)18-2-1-11-28(14-18)23(29)17-5-8-20-16(12-17)9-10-25-20/h3-10,12-13,18,25H,1-2,11,14H2,(H,26,27)/t18-/m0/s1. The fourth-order valence-electron chi connectivity index (χ4n) is 4.10. The molecule has 0 aliphatic carbocycles. The summed E-state index contributed by atoms with van der Waals surface area (Å²) < 4.78 is 13.2. The van der Waals surface area contributed by atoms with Gasteiger partial charge in [-0.1, -0.05) is 0 Å². The Hall–Kier alpha value is -3.41. The Labute approximate surface area is 167 Å². The lowest BCUT2D eigenvalue weighted by molar-refractivity contribution is 0.0706. The van der Waals surface area contributed by atoms with E-state index >= 15 is 0 Å². The monoisotopic (exact) mass is 388 g/mol. The number of hydrogen-bond acceptors (Lipinski definition) is 2. The Morgan fingerprint density at radius 2 is 1.97 bits per heavy atom. The van der Waals surface area contributed by atoms with Crippen molar-refractivity contribution in [1.29, 1.82) is 0 Å². The number of piperidine rings is 1. The molecule has 0 bridgehead atoms. The molecule has 1 fully saturated rings. The zero-order valence-corrected chi connectivity index (χ0v) is 15.9. The first-order valence-electron chi connectivity index (χ1n) is 9.85. The summed E-state index contributed by atoms with van der Waals surface area (Å²) in [6, 6.07) is 16.1. The van der Waals surface area contributed by atoms with Crippen LogP contribution in [-0.2, 0) is 0 Å². The lowest BCUT2D eigenvalue weighted by Crippen LogP contribution is -2.39. The van der Waals surface area contributed by atoms with Crippen LogP contribution in [0.25, 0.3) is 22.2 Å². The van der Waals surface area contributed by atoms with Crippen LogP contribution in [0.15, 0.2) is 60.8 Å². The van der Waals surface area contributed by atoms with Crippen molar-refractivity contribution in [2.75, 3.05) is 13.1 Å². The molecule has 0 unspecified atom stereocenters. The van der Waals surface area contributed by atoms with Crippen molar-refractivity contribution < 1.29 is 9.18 Å². The third-order valence-electron chi connectivity index (χ3n) is 5.69. The number of carbonyl (C=O) groups is 1. The number of benzene rings is 2. The third kappa shape index (κ3) is 3.42. The van der Waals surface area contributed by atoms with Crippen LogP contribution in [0, 0.1) is 5.82 Å². The Bertz CT molecular complexity index is 1160. The largest absolute Gasteiger partial charge is 0.361 e. The van der Waals surface area contributed by atoms with Gasteiger partial charge in [-0.15, -0.1) is 0 Å². The van der Waals surface area contributed by atoms with Crippen molar-refractivity contribution in [3.8, 4) is 11.3 Å². The van der Waals surface area contributed by atoms with Gasteiger partial charge in [-0.3, -0.25) is 9.89 Å². The van der Waals surface area contributed by atoms with Gasteiger partial charge in [0.2, 0.25) is 0 Å². The molecule has 0 radical (unpaired) electrons. The maximum absolute atomic E-state index is 13.2. The van der Waals surface area contributed by atoms with Gasteiger partial charge in [0.1, 0.15) is 5.82 Å². The fourth-order valence-corrected chi connectivity index (χ4v) is 4.10. The number of fused-ring (bicyclic) bond motifs is 1. The van der Waals surface area contributed by atoms with E-state index in [2.05, 4.69) is 15.2 Å². The average Bonchev–Trinajstić information content (AvgIpc) is 3.43. The summed E-state index contributed by atoms with van der Waals surface area (Å²) in [4.78, 5) is 18.1. The number of aromatic nitrogens is 3. The van der Waals surface area contributed by atoms with Crippen LogP contribution in [0.2, 0.25) is 0 Å². The van der Waals surface area contributed by atoms with Crippen LogP contribution in [0.3, 0.4) is 0 Å². The average molecular weight is 388 g/mol. The number of rotatable bonds is 3. The molecule has 3 heterocycles. The van der Waals surface area contributed by atoms with Crippen LogP contribution in [0.5, 0.6) is 0 Å². The normalized spacial score (nSPS) is 17.0. The molecule has 2 aromatic carbocycles. The van der Waals surface area contributed by atoms with Gasteiger partial charge in [0, 0.05) is 52.9 Å². The Kier molecular flexibility index (Phi) is 4.39. The topological polar surface area (TPSA) is 64.8 Å². The summed E-state index contributed by atoms with van der Waals surface area (Å²) in [5.74, 6) is 0.0187. The summed E-state index contributed by atoms with van der Waals surface area (Å²) in [7, 11) is 0. The smallest absolute Gasteiger partial charge is 0.253 e. The van der Waals surface area contributed by atoms with E-state index in [1.165, 1.54) is 12.1 Å². The predicted molar refractivity (Wildman–Crippen MR) is 110 cm³/mol. The maximum atomic E-state index is 13.2. The van der Waals surface area contributed by atoms with E-state index in [0.717, 1.165) is 52.8 Å². The summed E-state index contributed by atoms with van der Waals surface area (Å²) in [6.45, 7) is 1.43. The molecular formula is C23H21FN4O. The van der Waals surface area contributed by atoms with Crippen molar-refractivity contribution >= 4 is 16.8 Å². The van der Waals surface area contributed by atoms with E-state index in [1.807, 2.05) is 41.4 Å². The van der Waals surface area contributed by atoms with Crippen molar-refractivity contribution in [1.82, 2.24) is 20.1 Å². The molecule has 2 aromatic heterocycles. The highest BCUT2D eigenvalue weighted by Crippen LogP contribution is 2.29. The number of likely N-dealkylation sites (tertiary alicyclic amines) is 1. The van der Waals surface area contributed by atoms with E-state index in [0.29, 0.717) is 6.54 Å². The van der Waals surface area contributed by atoms with Gasteiger partial charge >= 0.3 is 0 Å². The molecule has 0 saturated carbocycles. The quantitative estimate of drug-likeness (QED) is 0.533. The van der Waals surface area contributed by atoms with E-state index in [1.54, 1.807) is 12.1 Å². The SMILES string of the molecule is O=C(c1ccc2[nH]ccc2c1)N1CCC[C@H](c2cc(-c3ccc(F)cc3)n[nH]2)C1. The maximum Gasteiger partial charge on any atom is 0.253 e. The molecular weight excluding hydrogens is 367 g/mol. The van der Waals surface area contributed by atoms with Gasteiger partial charge < -0.3 is 9.88 Å². The first-order valence-corrected chi connectivity index (χ1v) is 9.85. The summed E-state index contributed by atoms with van der Waals surface area (Å²) in [5.41, 5.74) is 4.43. The number of H-pyrrole nitrogens is 2. The van der Waals surface area contributed by atoms with Gasteiger partial charge in [0.15, 0.2) is 0 Å². The Balaban J connectivity index is 1.34. The number of nitrogens with one attached hydrogen (secondary N) is 2. The van der Waals surface area contributed by atoms with Crippen molar-refractivity contribution in [3.05, 3.63) is 77.9 Å². The summed E-state index contributed by atoms with van der Waals surface area (Å²) in [6.07, 6.45) is 3.84. The highest BCUT2D eigenvalue weighted by atomic mass is 19.1. The minimum Gasteiger partial charge on any atom is -0.361 e. The number of nitrogens with zero attached hydrogens (tertiary/aromatic N) is 2. The summed E-state index contributed by atoms with van der Waals surface area (Å²) in [5, 5.41) is 8.56. The highest BCUT2D eigenvalue weighted by molar-refractivity contribution is 5.98. The molecule has 1 amide bonds.